The van der Waals surface area contributed by atoms with Crippen molar-refractivity contribution >= 4 is 5.91 Å². The Bertz CT molecular complexity index is 662. The highest BCUT2D eigenvalue weighted by Crippen LogP contribution is 2.25. The van der Waals surface area contributed by atoms with Gasteiger partial charge in [-0.2, -0.15) is 8.78 Å². The average Bonchev–Trinajstić information content (AvgIpc) is 2.59. The molecule has 0 aromatic heterocycles. The summed E-state index contributed by atoms with van der Waals surface area (Å²) in [6.45, 7) is -2.35. The van der Waals surface area contributed by atoms with E-state index in [1.165, 1.54) is 24.3 Å². The van der Waals surface area contributed by atoms with Crippen molar-refractivity contribution in [2.24, 2.45) is 0 Å². The number of hydrogen-bond acceptors (Lipinski definition) is 4. The third-order valence-electron chi connectivity index (χ3n) is 3.06. The van der Waals surface area contributed by atoms with Gasteiger partial charge in [0.1, 0.15) is 12.4 Å². The zero-order valence-electron chi connectivity index (χ0n) is 13.0. The maximum Gasteiger partial charge on any atom is 0.387 e. The van der Waals surface area contributed by atoms with Crippen molar-refractivity contribution in [1.29, 1.82) is 0 Å². The molecule has 0 spiro atoms. The highest BCUT2D eigenvalue weighted by Gasteiger charge is 2.08. The monoisotopic (exact) mass is 337 g/mol. The molecule has 0 aliphatic heterocycles. The van der Waals surface area contributed by atoms with Gasteiger partial charge in [0.05, 0.1) is 13.7 Å². The molecule has 0 saturated heterocycles. The first-order valence-corrected chi connectivity index (χ1v) is 7.19. The molecular formula is C17H17F2NO4. The first-order chi connectivity index (χ1) is 11.6. The van der Waals surface area contributed by atoms with Crippen LogP contribution in [0.5, 0.6) is 17.2 Å². The Labute approximate surface area is 138 Å². The Morgan fingerprint density at radius 3 is 2.38 bits per heavy atom. The Morgan fingerprint density at radius 2 is 1.75 bits per heavy atom. The van der Waals surface area contributed by atoms with E-state index in [4.69, 9.17) is 9.47 Å². The minimum absolute atomic E-state index is 0.000978. The fourth-order valence-electron chi connectivity index (χ4n) is 1.95. The Morgan fingerprint density at radius 1 is 1.08 bits per heavy atom. The summed E-state index contributed by atoms with van der Waals surface area (Å²) in [5, 5.41) is 2.67. The molecule has 2 rings (SSSR count). The fourth-order valence-corrected chi connectivity index (χ4v) is 1.95. The van der Waals surface area contributed by atoms with Crippen LogP contribution in [0.25, 0.3) is 0 Å². The molecule has 0 aliphatic carbocycles. The number of rotatable bonds is 8. The molecule has 24 heavy (non-hydrogen) atoms. The second kappa shape index (κ2) is 8.71. The van der Waals surface area contributed by atoms with Crippen LogP contribution in [0.1, 0.15) is 10.4 Å². The van der Waals surface area contributed by atoms with E-state index in [1.54, 1.807) is 19.2 Å². The summed E-state index contributed by atoms with van der Waals surface area (Å²) >= 11 is 0. The number of halogens is 2. The summed E-state index contributed by atoms with van der Waals surface area (Å²) in [5.74, 6) is 0.865. The zero-order chi connectivity index (χ0) is 17.4. The smallest absolute Gasteiger partial charge is 0.387 e. The molecule has 5 nitrogen and oxygen atoms in total. The molecule has 2 aromatic rings. The van der Waals surface area contributed by atoms with E-state index in [-0.39, 0.29) is 24.8 Å². The number of nitrogens with one attached hydrogen (secondary N) is 1. The van der Waals surface area contributed by atoms with E-state index < -0.39 is 6.61 Å². The molecule has 0 saturated carbocycles. The third-order valence-corrected chi connectivity index (χ3v) is 3.06. The molecular weight excluding hydrogens is 320 g/mol. The molecule has 0 heterocycles. The van der Waals surface area contributed by atoms with Crippen LogP contribution in [-0.2, 0) is 0 Å². The van der Waals surface area contributed by atoms with Crippen molar-refractivity contribution in [3.8, 4) is 17.2 Å². The van der Waals surface area contributed by atoms with Gasteiger partial charge in [-0.1, -0.05) is 12.1 Å². The van der Waals surface area contributed by atoms with Crippen molar-refractivity contribution in [2.75, 3.05) is 20.3 Å². The van der Waals surface area contributed by atoms with Gasteiger partial charge in [-0.05, 0) is 36.4 Å². The van der Waals surface area contributed by atoms with Gasteiger partial charge in [0.15, 0.2) is 11.5 Å². The summed E-state index contributed by atoms with van der Waals surface area (Å²) in [4.78, 5) is 11.9. The number of carbonyl (C=O) groups is 1. The van der Waals surface area contributed by atoms with E-state index in [9.17, 15) is 13.6 Å². The quantitative estimate of drug-likeness (QED) is 0.752. The molecule has 0 bridgehead atoms. The number of alkyl halides is 2. The lowest BCUT2D eigenvalue weighted by Crippen LogP contribution is -2.28. The average molecular weight is 337 g/mol. The normalized spacial score (nSPS) is 10.3. The Kier molecular flexibility index (Phi) is 6.36. The Hall–Kier alpha value is -2.83. The van der Waals surface area contributed by atoms with Crippen molar-refractivity contribution in [3.63, 3.8) is 0 Å². The van der Waals surface area contributed by atoms with E-state index in [2.05, 4.69) is 10.1 Å². The molecule has 1 N–H and O–H groups in total. The number of ether oxygens (including phenoxy) is 3. The van der Waals surface area contributed by atoms with E-state index in [0.29, 0.717) is 17.1 Å². The van der Waals surface area contributed by atoms with Crippen LogP contribution in [0.15, 0.2) is 48.5 Å². The van der Waals surface area contributed by atoms with E-state index >= 15 is 0 Å². The molecule has 0 atom stereocenters. The zero-order valence-corrected chi connectivity index (χ0v) is 13.0. The van der Waals surface area contributed by atoms with Crippen LogP contribution in [0.2, 0.25) is 0 Å². The van der Waals surface area contributed by atoms with Crippen molar-refractivity contribution < 1.29 is 27.8 Å². The topological polar surface area (TPSA) is 56.8 Å². The standard InChI is InChI=1S/C17H17F2NO4/c1-22-14-4-2-3-5-15(14)23-11-10-20-16(21)12-6-8-13(9-7-12)24-17(18)19/h2-9,17H,10-11H2,1H3,(H,20,21). The lowest BCUT2D eigenvalue weighted by molar-refractivity contribution is -0.0498. The van der Waals surface area contributed by atoms with Gasteiger partial charge in [0, 0.05) is 5.56 Å². The predicted molar refractivity (Wildman–Crippen MR) is 83.9 cm³/mol. The van der Waals surface area contributed by atoms with Crippen molar-refractivity contribution in [3.05, 3.63) is 54.1 Å². The van der Waals surface area contributed by atoms with Gasteiger partial charge in [-0.25, -0.2) is 0 Å². The maximum absolute atomic E-state index is 12.1. The molecule has 0 radical (unpaired) electrons. The van der Waals surface area contributed by atoms with Crippen LogP contribution < -0.4 is 19.5 Å². The summed E-state index contributed by atoms with van der Waals surface area (Å²) in [7, 11) is 1.55. The molecule has 1 amide bonds. The number of para-hydroxylation sites is 2. The van der Waals surface area contributed by atoms with Gasteiger partial charge in [-0.3, -0.25) is 4.79 Å². The summed E-state index contributed by atoms with van der Waals surface area (Å²) in [6, 6.07) is 12.6. The molecule has 0 unspecified atom stereocenters. The number of methoxy groups -OCH3 is 1. The minimum Gasteiger partial charge on any atom is -0.493 e. The highest BCUT2D eigenvalue weighted by atomic mass is 19.3. The SMILES string of the molecule is COc1ccccc1OCCNC(=O)c1ccc(OC(F)F)cc1. The summed E-state index contributed by atoms with van der Waals surface area (Å²) in [5.41, 5.74) is 0.342. The number of amides is 1. The van der Waals surface area contributed by atoms with E-state index in [1.807, 2.05) is 12.1 Å². The second-order valence-corrected chi connectivity index (χ2v) is 4.66. The predicted octanol–water partition coefficient (Wildman–Crippen LogP) is 3.11. The van der Waals surface area contributed by atoms with Crippen molar-refractivity contribution in [1.82, 2.24) is 5.32 Å². The molecule has 0 fully saturated rings. The van der Waals surface area contributed by atoms with Gasteiger partial charge in [0.2, 0.25) is 0 Å². The van der Waals surface area contributed by atoms with Gasteiger partial charge in [-0.15, -0.1) is 0 Å². The third kappa shape index (κ3) is 5.12. The maximum atomic E-state index is 12.1. The fraction of sp³-hybridized carbons (Fsp3) is 0.235. The highest BCUT2D eigenvalue weighted by molar-refractivity contribution is 5.94. The largest absolute Gasteiger partial charge is 0.493 e. The van der Waals surface area contributed by atoms with E-state index in [0.717, 1.165) is 0 Å². The van der Waals surface area contributed by atoms with Crippen LogP contribution >= 0.6 is 0 Å². The molecule has 0 aliphatic rings. The number of hydrogen-bond donors (Lipinski definition) is 1. The lowest BCUT2D eigenvalue weighted by Gasteiger charge is -2.11. The Balaban J connectivity index is 1.78. The van der Waals surface area contributed by atoms with Crippen LogP contribution in [-0.4, -0.2) is 32.8 Å². The molecule has 7 heteroatoms. The lowest BCUT2D eigenvalue weighted by atomic mass is 10.2. The first-order valence-electron chi connectivity index (χ1n) is 7.19. The van der Waals surface area contributed by atoms with Gasteiger partial charge < -0.3 is 19.5 Å². The molecule has 2 aromatic carbocycles. The second-order valence-electron chi connectivity index (χ2n) is 4.66. The number of benzene rings is 2. The minimum atomic E-state index is -2.89. The molecule has 128 valence electrons. The van der Waals surface area contributed by atoms with Crippen molar-refractivity contribution in [2.45, 2.75) is 6.61 Å². The van der Waals surface area contributed by atoms with Crippen LogP contribution in [0, 0.1) is 0 Å². The first kappa shape index (κ1) is 17.5. The van der Waals surface area contributed by atoms with Gasteiger partial charge >= 0.3 is 6.61 Å². The number of carbonyl (C=O) groups excluding carboxylic acids is 1. The summed E-state index contributed by atoms with van der Waals surface area (Å²) < 4.78 is 39.0. The van der Waals surface area contributed by atoms with Crippen LogP contribution in [0.4, 0.5) is 8.78 Å². The summed E-state index contributed by atoms with van der Waals surface area (Å²) in [6.07, 6.45) is 0. The van der Waals surface area contributed by atoms with Gasteiger partial charge in [0.25, 0.3) is 5.91 Å². The van der Waals surface area contributed by atoms with Crippen LogP contribution in [0.3, 0.4) is 0 Å².